The van der Waals surface area contributed by atoms with Crippen LogP contribution in [-0.4, -0.2) is 24.2 Å². The van der Waals surface area contributed by atoms with E-state index >= 15 is 0 Å². The molecular formula is C23H40N2O2. The first kappa shape index (κ1) is 23.3. The zero-order valence-electron chi connectivity index (χ0n) is 17.3. The van der Waals surface area contributed by atoms with Gasteiger partial charge in [0.1, 0.15) is 5.75 Å². The molecule has 2 amide bonds. The molecular weight excluding hydrogens is 336 g/mol. The number of phenols is 1. The van der Waals surface area contributed by atoms with Crippen LogP contribution < -0.4 is 10.6 Å². The average Bonchev–Trinajstić information content (AvgIpc) is 2.67. The minimum absolute atomic E-state index is 0.0622. The topological polar surface area (TPSA) is 61.4 Å². The number of unbranched alkanes of at least 4 members (excludes halogenated alkanes) is 10. The van der Waals surface area contributed by atoms with Gasteiger partial charge in [-0.15, -0.1) is 0 Å². The number of amides is 2. The van der Waals surface area contributed by atoms with Crippen molar-refractivity contribution in [2.24, 2.45) is 0 Å². The molecule has 0 aliphatic heterocycles. The molecule has 3 N–H and O–H groups in total. The molecule has 0 aromatic heterocycles. The molecule has 27 heavy (non-hydrogen) atoms. The largest absolute Gasteiger partial charge is 0.508 e. The third kappa shape index (κ3) is 14.1. The fourth-order valence-corrected chi connectivity index (χ4v) is 3.21. The van der Waals surface area contributed by atoms with Crippen LogP contribution >= 0.6 is 0 Å². The van der Waals surface area contributed by atoms with Gasteiger partial charge in [-0.2, -0.15) is 0 Å². The first-order valence-electron chi connectivity index (χ1n) is 11.0. The van der Waals surface area contributed by atoms with E-state index in [-0.39, 0.29) is 6.03 Å². The molecule has 0 saturated heterocycles. The van der Waals surface area contributed by atoms with E-state index < -0.39 is 0 Å². The third-order valence-corrected chi connectivity index (χ3v) is 4.93. The van der Waals surface area contributed by atoms with E-state index in [0.29, 0.717) is 12.3 Å². The molecule has 1 rings (SSSR count). The lowest BCUT2D eigenvalue weighted by Crippen LogP contribution is -2.36. The number of nitrogens with one attached hydrogen (secondary N) is 2. The van der Waals surface area contributed by atoms with E-state index in [4.69, 9.17) is 0 Å². The molecule has 0 radical (unpaired) electrons. The van der Waals surface area contributed by atoms with E-state index in [9.17, 15) is 9.90 Å². The molecule has 1 aromatic carbocycles. The molecule has 4 heteroatoms. The second kappa shape index (κ2) is 16.5. The fraction of sp³-hybridized carbons (Fsp3) is 0.696. The van der Waals surface area contributed by atoms with Crippen molar-refractivity contribution >= 4 is 6.03 Å². The maximum atomic E-state index is 11.7. The lowest BCUT2D eigenvalue weighted by molar-refractivity contribution is 0.240. The lowest BCUT2D eigenvalue weighted by atomic mass is 10.1. The van der Waals surface area contributed by atoms with Crippen molar-refractivity contribution in [3.8, 4) is 5.75 Å². The predicted molar refractivity (Wildman–Crippen MR) is 114 cm³/mol. The average molecular weight is 377 g/mol. The molecule has 0 saturated carbocycles. The van der Waals surface area contributed by atoms with Crippen LogP contribution in [0, 0.1) is 0 Å². The molecule has 0 atom stereocenters. The van der Waals surface area contributed by atoms with Gasteiger partial charge >= 0.3 is 6.03 Å². The van der Waals surface area contributed by atoms with Gasteiger partial charge in [-0.3, -0.25) is 0 Å². The number of rotatable bonds is 16. The summed E-state index contributed by atoms with van der Waals surface area (Å²) in [4.78, 5) is 11.7. The first-order valence-corrected chi connectivity index (χ1v) is 11.0. The van der Waals surface area contributed by atoms with E-state index in [1.807, 2.05) is 12.1 Å². The number of hydrogen-bond acceptors (Lipinski definition) is 2. The first-order chi connectivity index (χ1) is 13.2. The highest BCUT2D eigenvalue weighted by Gasteiger charge is 2.00. The smallest absolute Gasteiger partial charge is 0.314 e. The van der Waals surface area contributed by atoms with E-state index in [0.717, 1.165) is 25.8 Å². The Labute approximate surface area is 166 Å². The Bertz CT molecular complexity index is 474. The summed E-state index contributed by atoms with van der Waals surface area (Å²) in [7, 11) is 0. The molecule has 0 aliphatic rings. The Hall–Kier alpha value is -1.71. The Morgan fingerprint density at radius 2 is 1.22 bits per heavy atom. The summed E-state index contributed by atoms with van der Waals surface area (Å²) < 4.78 is 0. The highest BCUT2D eigenvalue weighted by molar-refractivity contribution is 5.73. The number of phenolic OH excluding ortho intramolecular Hbond substituents is 1. The van der Waals surface area contributed by atoms with Crippen molar-refractivity contribution in [3.63, 3.8) is 0 Å². The number of carbonyl (C=O) groups is 1. The van der Waals surface area contributed by atoms with Crippen LogP contribution in [0.1, 0.15) is 89.5 Å². The van der Waals surface area contributed by atoms with Gasteiger partial charge in [0.15, 0.2) is 0 Å². The van der Waals surface area contributed by atoms with E-state index in [1.165, 1.54) is 69.8 Å². The van der Waals surface area contributed by atoms with Gasteiger partial charge in [0.05, 0.1) is 0 Å². The monoisotopic (exact) mass is 376 g/mol. The molecule has 1 aromatic rings. The fourth-order valence-electron chi connectivity index (χ4n) is 3.21. The predicted octanol–water partition coefficient (Wildman–Crippen LogP) is 5.94. The Morgan fingerprint density at radius 3 is 1.78 bits per heavy atom. The summed E-state index contributed by atoms with van der Waals surface area (Å²) >= 11 is 0. The minimum Gasteiger partial charge on any atom is -0.508 e. The van der Waals surface area contributed by atoms with Gasteiger partial charge in [-0.1, -0.05) is 83.3 Å². The second-order valence-corrected chi connectivity index (χ2v) is 7.49. The number of carbonyl (C=O) groups excluding carboxylic acids is 1. The summed E-state index contributed by atoms with van der Waals surface area (Å²) in [5.74, 6) is 0.290. The maximum Gasteiger partial charge on any atom is 0.314 e. The summed E-state index contributed by atoms with van der Waals surface area (Å²) in [6, 6.07) is 7.17. The summed E-state index contributed by atoms with van der Waals surface area (Å²) in [5.41, 5.74) is 1.18. The molecule has 0 unspecified atom stereocenters. The molecule has 0 aliphatic carbocycles. The van der Waals surface area contributed by atoms with Crippen molar-refractivity contribution in [3.05, 3.63) is 29.8 Å². The standard InChI is InChI=1S/C23H40N2O2/c1-2-3-4-5-6-7-8-9-10-11-12-19-24-23(27)25-20-13-14-21-15-17-22(26)18-16-21/h15-18,26H,2-14,19-20H2,1H3,(H2,24,25,27). The molecule has 0 spiro atoms. The molecule has 154 valence electrons. The van der Waals surface area contributed by atoms with Crippen LogP contribution in [-0.2, 0) is 6.42 Å². The van der Waals surface area contributed by atoms with Gasteiger partial charge < -0.3 is 15.7 Å². The summed E-state index contributed by atoms with van der Waals surface area (Å²) in [6.45, 7) is 3.70. The van der Waals surface area contributed by atoms with Crippen LogP contribution in [0.25, 0.3) is 0 Å². The molecule has 0 heterocycles. The maximum absolute atomic E-state index is 11.7. The Morgan fingerprint density at radius 1 is 0.741 bits per heavy atom. The van der Waals surface area contributed by atoms with Crippen LogP contribution in [0.3, 0.4) is 0 Å². The number of benzene rings is 1. The zero-order chi connectivity index (χ0) is 19.6. The van der Waals surface area contributed by atoms with Gasteiger partial charge in [0.2, 0.25) is 0 Å². The van der Waals surface area contributed by atoms with Crippen molar-refractivity contribution < 1.29 is 9.90 Å². The van der Waals surface area contributed by atoms with Gasteiger partial charge in [0, 0.05) is 13.1 Å². The van der Waals surface area contributed by atoms with Gasteiger partial charge in [-0.05, 0) is 37.0 Å². The lowest BCUT2D eigenvalue weighted by Gasteiger charge is -2.08. The quantitative estimate of drug-likeness (QED) is 0.313. The molecule has 0 fully saturated rings. The third-order valence-electron chi connectivity index (χ3n) is 4.93. The number of aryl methyl sites for hydroxylation is 1. The van der Waals surface area contributed by atoms with Gasteiger partial charge in [0.25, 0.3) is 0 Å². The van der Waals surface area contributed by atoms with Crippen LogP contribution in [0.4, 0.5) is 4.79 Å². The SMILES string of the molecule is CCCCCCCCCCCCCNC(=O)NCCCc1ccc(O)cc1. The number of aromatic hydroxyl groups is 1. The van der Waals surface area contributed by atoms with Crippen molar-refractivity contribution in [2.45, 2.75) is 90.4 Å². The van der Waals surface area contributed by atoms with Crippen molar-refractivity contribution in [2.75, 3.05) is 13.1 Å². The van der Waals surface area contributed by atoms with E-state index in [1.54, 1.807) is 12.1 Å². The van der Waals surface area contributed by atoms with Crippen LogP contribution in [0.15, 0.2) is 24.3 Å². The van der Waals surface area contributed by atoms with Gasteiger partial charge in [-0.25, -0.2) is 4.79 Å². The molecule has 0 bridgehead atoms. The van der Waals surface area contributed by atoms with Crippen molar-refractivity contribution in [1.29, 1.82) is 0 Å². The zero-order valence-corrected chi connectivity index (χ0v) is 17.3. The number of urea groups is 1. The Kier molecular flexibility index (Phi) is 14.2. The normalized spacial score (nSPS) is 10.7. The number of hydrogen-bond donors (Lipinski definition) is 3. The van der Waals surface area contributed by atoms with Crippen LogP contribution in [0.2, 0.25) is 0 Å². The Balaban J connectivity index is 1.82. The minimum atomic E-state index is -0.0622. The molecule has 4 nitrogen and oxygen atoms in total. The second-order valence-electron chi connectivity index (χ2n) is 7.49. The highest BCUT2D eigenvalue weighted by atomic mass is 16.3. The highest BCUT2D eigenvalue weighted by Crippen LogP contribution is 2.11. The summed E-state index contributed by atoms with van der Waals surface area (Å²) in [6.07, 6.45) is 16.4. The van der Waals surface area contributed by atoms with Crippen molar-refractivity contribution in [1.82, 2.24) is 10.6 Å². The summed E-state index contributed by atoms with van der Waals surface area (Å²) in [5, 5.41) is 15.1. The van der Waals surface area contributed by atoms with Crippen LogP contribution in [0.5, 0.6) is 5.75 Å². The van der Waals surface area contributed by atoms with E-state index in [2.05, 4.69) is 17.6 Å².